The normalized spacial score (nSPS) is 11.4. The molecule has 0 aliphatic rings. The lowest BCUT2D eigenvalue weighted by molar-refractivity contribution is -0.131. The van der Waals surface area contributed by atoms with Crippen LogP contribution in [0.2, 0.25) is 0 Å². The number of aromatic nitrogens is 3. The molecule has 0 spiro atoms. The van der Waals surface area contributed by atoms with Gasteiger partial charge in [0.1, 0.15) is 5.65 Å². The van der Waals surface area contributed by atoms with Crippen LogP contribution in [0, 0.1) is 0 Å². The van der Waals surface area contributed by atoms with Crippen molar-refractivity contribution in [2.75, 3.05) is 5.73 Å². The average Bonchev–Trinajstić information content (AvgIpc) is 2.53. The van der Waals surface area contributed by atoms with Crippen molar-refractivity contribution in [3.63, 3.8) is 0 Å². The van der Waals surface area contributed by atoms with Crippen molar-refractivity contribution in [1.82, 2.24) is 14.5 Å². The Morgan fingerprint density at radius 1 is 1.65 bits per heavy atom. The molecule has 7 nitrogen and oxygen atoms in total. The first-order valence-corrected chi connectivity index (χ1v) is 4.75. The van der Waals surface area contributed by atoms with Crippen LogP contribution in [-0.4, -0.2) is 25.6 Å². The maximum absolute atomic E-state index is 11.7. The van der Waals surface area contributed by atoms with Crippen LogP contribution in [0.5, 0.6) is 0 Å². The number of aryl methyl sites for hydroxylation is 1. The Balaban J connectivity index is 2.75. The maximum atomic E-state index is 11.7. The van der Waals surface area contributed by atoms with Crippen molar-refractivity contribution in [1.29, 1.82) is 0 Å². The molecule has 0 bridgehead atoms. The van der Waals surface area contributed by atoms with Crippen LogP contribution < -0.4 is 11.3 Å². The van der Waals surface area contributed by atoms with Gasteiger partial charge in [0.05, 0.1) is 5.39 Å². The number of carboxylic acids is 1. The Labute approximate surface area is 95.2 Å². The van der Waals surface area contributed by atoms with Crippen LogP contribution in [0.4, 0.5) is 5.95 Å². The van der Waals surface area contributed by atoms with Crippen molar-refractivity contribution in [3.05, 3.63) is 28.2 Å². The Kier molecular flexibility index (Phi) is 2.43. The van der Waals surface area contributed by atoms with Gasteiger partial charge in [-0.05, 0) is 6.08 Å². The van der Waals surface area contributed by atoms with Crippen molar-refractivity contribution in [3.8, 4) is 0 Å². The number of carboxylic acid groups (broad SMARTS) is 1. The van der Waals surface area contributed by atoms with Gasteiger partial charge in [-0.15, -0.1) is 0 Å². The second-order valence-electron chi connectivity index (χ2n) is 3.52. The lowest BCUT2D eigenvalue weighted by atomic mass is 10.2. The zero-order valence-corrected chi connectivity index (χ0v) is 8.97. The second kappa shape index (κ2) is 3.78. The maximum Gasteiger partial charge on any atom is 0.328 e. The van der Waals surface area contributed by atoms with Crippen LogP contribution in [0.3, 0.4) is 0 Å². The van der Waals surface area contributed by atoms with Gasteiger partial charge in [-0.3, -0.25) is 9.78 Å². The molecule has 0 saturated carbocycles. The number of anilines is 1. The topological polar surface area (TPSA) is 114 Å². The molecule has 0 fully saturated rings. The summed E-state index contributed by atoms with van der Waals surface area (Å²) in [5.74, 6) is -1.06. The number of nitrogens with zero attached hydrogens (tertiary/aromatic N) is 2. The first kappa shape index (κ1) is 10.9. The zero-order valence-electron chi connectivity index (χ0n) is 8.97. The predicted molar refractivity (Wildman–Crippen MR) is 62.4 cm³/mol. The van der Waals surface area contributed by atoms with E-state index in [9.17, 15) is 9.59 Å². The number of aromatic amines is 1. The molecule has 88 valence electrons. The molecule has 0 aliphatic carbocycles. The molecule has 2 aromatic heterocycles. The number of rotatable bonds is 2. The highest BCUT2D eigenvalue weighted by Crippen LogP contribution is 2.16. The van der Waals surface area contributed by atoms with Crippen LogP contribution in [0.1, 0.15) is 5.56 Å². The van der Waals surface area contributed by atoms with E-state index in [-0.39, 0.29) is 5.95 Å². The number of aliphatic carboxylic acids is 1. The van der Waals surface area contributed by atoms with Gasteiger partial charge in [0, 0.05) is 24.9 Å². The lowest BCUT2D eigenvalue weighted by Crippen LogP contribution is -2.11. The Hall–Kier alpha value is -2.57. The number of H-pyrrole nitrogens is 1. The molecule has 2 rings (SSSR count). The Bertz CT molecular complexity index is 681. The number of carbonyl (C=O) groups is 1. The third-order valence-electron chi connectivity index (χ3n) is 2.28. The fourth-order valence-corrected chi connectivity index (χ4v) is 1.62. The summed E-state index contributed by atoms with van der Waals surface area (Å²) in [4.78, 5) is 28.5. The molecule has 0 radical (unpaired) electrons. The van der Waals surface area contributed by atoms with Crippen LogP contribution in [0.25, 0.3) is 17.1 Å². The molecule has 0 saturated heterocycles. The van der Waals surface area contributed by atoms with Gasteiger partial charge >= 0.3 is 5.97 Å². The van der Waals surface area contributed by atoms with Gasteiger partial charge in [-0.1, -0.05) is 0 Å². The number of nitrogens with two attached hydrogens (primary N) is 1. The summed E-state index contributed by atoms with van der Waals surface area (Å²) in [6.45, 7) is 0. The summed E-state index contributed by atoms with van der Waals surface area (Å²) < 4.78 is 1.61. The summed E-state index contributed by atoms with van der Waals surface area (Å²) in [5.41, 5.74) is 5.94. The van der Waals surface area contributed by atoms with Gasteiger partial charge in [0.2, 0.25) is 5.95 Å². The minimum atomic E-state index is -1.08. The Morgan fingerprint density at radius 2 is 2.35 bits per heavy atom. The molecule has 0 amide bonds. The highest BCUT2D eigenvalue weighted by atomic mass is 16.4. The van der Waals surface area contributed by atoms with E-state index in [1.165, 1.54) is 6.08 Å². The van der Waals surface area contributed by atoms with E-state index in [1.54, 1.807) is 17.8 Å². The number of hydrogen-bond acceptors (Lipinski definition) is 4. The molecule has 4 N–H and O–H groups in total. The van der Waals surface area contributed by atoms with Crippen molar-refractivity contribution < 1.29 is 9.90 Å². The van der Waals surface area contributed by atoms with Gasteiger partial charge in [-0.2, -0.15) is 4.98 Å². The van der Waals surface area contributed by atoms with Gasteiger partial charge in [0.25, 0.3) is 5.56 Å². The molecule has 0 unspecified atom stereocenters. The average molecular weight is 234 g/mol. The smallest absolute Gasteiger partial charge is 0.328 e. The van der Waals surface area contributed by atoms with Crippen LogP contribution >= 0.6 is 0 Å². The van der Waals surface area contributed by atoms with Crippen molar-refractivity contribution >= 4 is 29.0 Å². The summed E-state index contributed by atoms with van der Waals surface area (Å²) in [6, 6.07) is 0. The van der Waals surface area contributed by atoms with E-state index < -0.39 is 11.5 Å². The van der Waals surface area contributed by atoms with E-state index >= 15 is 0 Å². The van der Waals surface area contributed by atoms with E-state index in [2.05, 4.69) is 9.97 Å². The van der Waals surface area contributed by atoms with Gasteiger partial charge in [0.15, 0.2) is 0 Å². The standard InChI is InChI=1S/C10H10N4O3/c1-14-4-5(2-3-6(15)16)7-8(14)12-10(11)13-9(7)17/h2-4H,1H3,(H,15,16)(H3,11,12,13,17)/b3-2+. The molecular weight excluding hydrogens is 224 g/mol. The molecule has 7 heteroatoms. The van der Waals surface area contributed by atoms with E-state index in [1.807, 2.05) is 0 Å². The number of nitrogen functional groups attached to an aromatic ring is 1. The predicted octanol–water partition coefficient (Wildman–Crippen LogP) is -0.0584. The lowest BCUT2D eigenvalue weighted by Gasteiger charge is -1.95. The fourth-order valence-electron chi connectivity index (χ4n) is 1.62. The van der Waals surface area contributed by atoms with Crippen molar-refractivity contribution in [2.45, 2.75) is 0 Å². The number of fused-ring (bicyclic) bond motifs is 1. The molecule has 2 aromatic rings. The Morgan fingerprint density at radius 3 is 3.00 bits per heavy atom. The monoisotopic (exact) mass is 234 g/mol. The third-order valence-corrected chi connectivity index (χ3v) is 2.28. The van der Waals surface area contributed by atoms with E-state index in [0.717, 1.165) is 6.08 Å². The molecule has 2 heterocycles. The SMILES string of the molecule is Cn1cc(/C=C/C(=O)O)c2c(=O)[nH]c(N)nc21. The zero-order chi connectivity index (χ0) is 12.6. The summed E-state index contributed by atoms with van der Waals surface area (Å²) >= 11 is 0. The quantitative estimate of drug-likeness (QED) is 0.630. The van der Waals surface area contributed by atoms with Gasteiger partial charge < -0.3 is 15.4 Å². The molecule has 0 aromatic carbocycles. The number of nitrogens with one attached hydrogen (secondary N) is 1. The molecular formula is C10H10N4O3. The molecule has 17 heavy (non-hydrogen) atoms. The highest BCUT2D eigenvalue weighted by molar-refractivity contribution is 5.92. The fraction of sp³-hybridized carbons (Fsp3) is 0.100. The molecule has 0 aliphatic heterocycles. The van der Waals surface area contributed by atoms with Crippen molar-refractivity contribution in [2.24, 2.45) is 7.05 Å². The minimum absolute atomic E-state index is 0.0254. The van der Waals surface area contributed by atoms with Crippen LogP contribution in [0.15, 0.2) is 17.1 Å². The van der Waals surface area contributed by atoms with E-state index in [0.29, 0.717) is 16.6 Å². The number of hydrogen-bond donors (Lipinski definition) is 3. The highest BCUT2D eigenvalue weighted by Gasteiger charge is 2.10. The third kappa shape index (κ3) is 1.89. The van der Waals surface area contributed by atoms with Gasteiger partial charge in [-0.25, -0.2) is 4.79 Å². The van der Waals surface area contributed by atoms with Crippen LogP contribution in [-0.2, 0) is 11.8 Å². The largest absolute Gasteiger partial charge is 0.478 e. The summed E-state index contributed by atoms with van der Waals surface area (Å²) in [5, 5.41) is 8.87. The minimum Gasteiger partial charge on any atom is -0.478 e. The summed E-state index contributed by atoms with van der Waals surface area (Å²) in [7, 11) is 1.70. The summed E-state index contributed by atoms with van der Waals surface area (Å²) in [6.07, 6.45) is 3.92. The first-order valence-electron chi connectivity index (χ1n) is 4.75. The van der Waals surface area contributed by atoms with E-state index in [4.69, 9.17) is 10.8 Å². The second-order valence-corrected chi connectivity index (χ2v) is 3.52. The first-order chi connectivity index (χ1) is 7.99. The molecule has 0 atom stereocenters.